The molecule has 1 unspecified atom stereocenters. The Morgan fingerprint density at radius 3 is 2.72 bits per heavy atom. The van der Waals surface area contributed by atoms with Gasteiger partial charge >= 0.3 is 0 Å². The van der Waals surface area contributed by atoms with Crippen LogP contribution in [0.5, 0.6) is 0 Å². The molecule has 1 atom stereocenters. The van der Waals surface area contributed by atoms with Crippen LogP contribution in [0, 0.1) is 12.8 Å². The lowest BCUT2D eigenvalue weighted by Crippen LogP contribution is -2.51. The minimum atomic E-state index is -0.159. The summed E-state index contributed by atoms with van der Waals surface area (Å²) in [5, 5.41) is 4.32. The Labute approximate surface area is 114 Å². The van der Waals surface area contributed by atoms with Crippen LogP contribution in [-0.4, -0.2) is 25.8 Å². The van der Waals surface area contributed by atoms with E-state index in [0.29, 0.717) is 19.1 Å². The molecule has 0 spiro atoms. The first-order valence-electron chi connectivity index (χ1n) is 6.34. The second-order valence-electron chi connectivity index (χ2n) is 5.16. The molecule has 1 aliphatic rings. The van der Waals surface area contributed by atoms with E-state index in [1.807, 2.05) is 25.1 Å². The largest absolute Gasteiger partial charge is 0.382 e. The summed E-state index contributed by atoms with van der Waals surface area (Å²) in [7, 11) is 1.72. The molecule has 0 aromatic heterocycles. The van der Waals surface area contributed by atoms with Crippen LogP contribution in [-0.2, 0) is 4.74 Å². The van der Waals surface area contributed by atoms with Crippen molar-refractivity contribution >= 4 is 17.3 Å². The Hall–Kier alpha value is -0.770. The molecular weight excluding hydrogens is 248 g/mol. The fourth-order valence-corrected chi connectivity index (χ4v) is 2.56. The average molecular weight is 269 g/mol. The molecular formula is C14H21ClN2O. The van der Waals surface area contributed by atoms with Crippen molar-refractivity contribution in [2.45, 2.75) is 25.3 Å². The van der Waals surface area contributed by atoms with Gasteiger partial charge in [-0.25, -0.2) is 0 Å². The number of nitrogens with one attached hydrogen (secondary N) is 1. The molecule has 100 valence electrons. The number of hydrogen-bond donors (Lipinski definition) is 2. The van der Waals surface area contributed by atoms with E-state index in [4.69, 9.17) is 22.1 Å². The maximum absolute atomic E-state index is 6.16. The van der Waals surface area contributed by atoms with Crippen molar-refractivity contribution in [2.75, 3.05) is 25.6 Å². The highest BCUT2D eigenvalue weighted by Crippen LogP contribution is 2.41. The summed E-state index contributed by atoms with van der Waals surface area (Å²) in [4.78, 5) is 0. The molecule has 4 heteroatoms. The van der Waals surface area contributed by atoms with Gasteiger partial charge in [-0.2, -0.15) is 0 Å². The number of methoxy groups -OCH3 is 1. The number of aryl methyl sites for hydroxylation is 1. The van der Waals surface area contributed by atoms with Crippen LogP contribution in [0.3, 0.4) is 0 Å². The number of hydrogen-bond acceptors (Lipinski definition) is 3. The van der Waals surface area contributed by atoms with Gasteiger partial charge in [0.15, 0.2) is 0 Å². The number of benzene rings is 1. The molecule has 2 rings (SSSR count). The van der Waals surface area contributed by atoms with Crippen molar-refractivity contribution in [3.8, 4) is 0 Å². The van der Waals surface area contributed by atoms with E-state index in [0.717, 1.165) is 16.3 Å². The van der Waals surface area contributed by atoms with Crippen LogP contribution >= 0.6 is 11.6 Å². The molecule has 0 radical (unpaired) electrons. The van der Waals surface area contributed by atoms with Crippen LogP contribution < -0.4 is 11.1 Å². The predicted octanol–water partition coefficient (Wildman–Crippen LogP) is 2.81. The summed E-state index contributed by atoms with van der Waals surface area (Å²) in [5.41, 5.74) is 7.91. The number of nitrogens with two attached hydrogens (primary N) is 1. The molecule has 0 saturated heterocycles. The van der Waals surface area contributed by atoms with Gasteiger partial charge in [0.05, 0.1) is 12.1 Å². The SMILES string of the molecule is COCC(CN)(Nc1ccc(C)c(Cl)c1)C1CC1. The van der Waals surface area contributed by atoms with Gasteiger partial charge in [0, 0.05) is 24.4 Å². The van der Waals surface area contributed by atoms with E-state index in [1.165, 1.54) is 12.8 Å². The van der Waals surface area contributed by atoms with Gasteiger partial charge in [-0.15, -0.1) is 0 Å². The number of halogens is 1. The highest BCUT2D eigenvalue weighted by molar-refractivity contribution is 6.31. The monoisotopic (exact) mass is 268 g/mol. The van der Waals surface area contributed by atoms with Crippen molar-refractivity contribution in [3.05, 3.63) is 28.8 Å². The third kappa shape index (κ3) is 2.79. The van der Waals surface area contributed by atoms with E-state index < -0.39 is 0 Å². The van der Waals surface area contributed by atoms with Gasteiger partial charge in [-0.05, 0) is 43.4 Å². The maximum Gasteiger partial charge on any atom is 0.0756 e. The summed E-state index contributed by atoms with van der Waals surface area (Å²) < 4.78 is 5.35. The van der Waals surface area contributed by atoms with Crippen molar-refractivity contribution < 1.29 is 4.74 Å². The molecule has 3 N–H and O–H groups in total. The van der Waals surface area contributed by atoms with Crippen LogP contribution in [0.15, 0.2) is 18.2 Å². The zero-order chi connectivity index (χ0) is 13.2. The van der Waals surface area contributed by atoms with Gasteiger partial charge in [0.2, 0.25) is 0 Å². The van der Waals surface area contributed by atoms with E-state index >= 15 is 0 Å². The molecule has 1 aliphatic carbocycles. The third-order valence-corrected chi connectivity index (χ3v) is 4.10. The van der Waals surface area contributed by atoms with Crippen molar-refractivity contribution in [1.82, 2.24) is 0 Å². The summed E-state index contributed by atoms with van der Waals surface area (Å²) >= 11 is 6.16. The smallest absolute Gasteiger partial charge is 0.0756 e. The number of rotatable bonds is 6. The quantitative estimate of drug-likeness (QED) is 0.834. The molecule has 1 aromatic carbocycles. The fraction of sp³-hybridized carbons (Fsp3) is 0.571. The van der Waals surface area contributed by atoms with Crippen LogP contribution in [0.2, 0.25) is 5.02 Å². The van der Waals surface area contributed by atoms with Crippen molar-refractivity contribution in [3.63, 3.8) is 0 Å². The molecule has 0 heterocycles. The van der Waals surface area contributed by atoms with Crippen LogP contribution in [0.4, 0.5) is 5.69 Å². The van der Waals surface area contributed by atoms with E-state index in [9.17, 15) is 0 Å². The lowest BCUT2D eigenvalue weighted by molar-refractivity contribution is 0.134. The lowest BCUT2D eigenvalue weighted by atomic mass is 9.93. The van der Waals surface area contributed by atoms with Gasteiger partial charge in [0.25, 0.3) is 0 Å². The van der Waals surface area contributed by atoms with E-state index in [1.54, 1.807) is 7.11 Å². The lowest BCUT2D eigenvalue weighted by Gasteiger charge is -2.34. The number of anilines is 1. The third-order valence-electron chi connectivity index (χ3n) is 3.69. The normalized spacial score (nSPS) is 18.4. The minimum Gasteiger partial charge on any atom is -0.382 e. The van der Waals surface area contributed by atoms with Crippen molar-refractivity contribution in [1.29, 1.82) is 0 Å². The Morgan fingerprint density at radius 2 is 2.22 bits per heavy atom. The second kappa shape index (κ2) is 5.47. The van der Waals surface area contributed by atoms with Gasteiger partial charge < -0.3 is 15.8 Å². The average Bonchev–Trinajstić information content (AvgIpc) is 3.17. The Morgan fingerprint density at radius 1 is 1.50 bits per heavy atom. The Balaban J connectivity index is 2.19. The van der Waals surface area contributed by atoms with Crippen molar-refractivity contribution in [2.24, 2.45) is 11.7 Å². The van der Waals surface area contributed by atoms with Gasteiger partial charge in [0.1, 0.15) is 0 Å². The first-order valence-corrected chi connectivity index (χ1v) is 6.72. The Bertz CT molecular complexity index is 420. The van der Waals surface area contributed by atoms with Gasteiger partial charge in [-0.3, -0.25) is 0 Å². The molecule has 0 aliphatic heterocycles. The molecule has 3 nitrogen and oxygen atoms in total. The predicted molar refractivity (Wildman–Crippen MR) is 76.2 cm³/mol. The van der Waals surface area contributed by atoms with Crippen LogP contribution in [0.1, 0.15) is 18.4 Å². The zero-order valence-corrected chi connectivity index (χ0v) is 11.8. The summed E-state index contributed by atoms with van der Waals surface area (Å²) in [6, 6.07) is 6.02. The zero-order valence-electron chi connectivity index (χ0n) is 11.0. The molecule has 0 bridgehead atoms. The summed E-state index contributed by atoms with van der Waals surface area (Å²) in [6.45, 7) is 3.19. The maximum atomic E-state index is 6.16. The fourth-order valence-electron chi connectivity index (χ4n) is 2.38. The molecule has 1 fully saturated rings. The minimum absolute atomic E-state index is 0.159. The van der Waals surface area contributed by atoms with Crippen LogP contribution in [0.25, 0.3) is 0 Å². The summed E-state index contributed by atoms with van der Waals surface area (Å²) in [5.74, 6) is 0.600. The Kier molecular flexibility index (Phi) is 4.15. The van der Waals surface area contributed by atoms with Gasteiger partial charge in [-0.1, -0.05) is 17.7 Å². The highest BCUT2D eigenvalue weighted by atomic mass is 35.5. The standard InChI is InChI=1S/C14H21ClN2O/c1-10-3-6-12(7-13(10)15)17-14(8-16,9-18-2)11-4-5-11/h3,6-7,11,17H,4-5,8-9,16H2,1-2H3. The first-order chi connectivity index (χ1) is 8.61. The number of ether oxygens (including phenoxy) is 1. The molecule has 1 saturated carbocycles. The highest BCUT2D eigenvalue weighted by Gasteiger charge is 2.44. The topological polar surface area (TPSA) is 47.3 Å². The van der Waals surface area contributed by atoms with E-state index in [2.05, 4.69) is 5.32 Å². The molecule has 18 heavy (non-hydrogen) atoms. The second-order valence-corrected chi connectivity index (χ2v) is 5.56. The van der Waals surface area contributed by atoms with E-state index in [-0.39, 0.29) is 5.54 Å². The molecule has 1 aromatic rings. The summed E-state index contributed by atoms with van der Waals surface area (Å²) in [6.07, 6.45) is 2.43. The first kappa shape index (κ1) is 13.7. The molecule has 0 amide bonds.